The molecule has 0 aromatic heterocycles. The van der Waals surface area contributed by atoms with Crippen LogP contribution in [0.5, 0.6) is 0 Å². The highest BCUT2D eigenvalue weighted by atomic mass is 19.1. The highest BCUT2D eigenvalue weighted by Crippen LogP contribution is 2.28. The van der Waals surface area contributed by atoms with E-state index in [1.54, 1.807) is 13.8 Å². The zero-order valence-electron chi connectivity index (χ0n) is 10.7. The Bertz CT molecular complexity index is 527. The van der Waals surface area contributed by atoms with Crippen molar-refractivity contribution in [1.82, 2.24) is 10.2 Å². The first-order valence-corrected chi connectivity index (χ1v) is 5.96. The lowest BCUT2D eigenvalue weighted by Crippen LogP contribution is -2.46. The average Bonchev–Trinajstić information content (AvgIpc) is 2.57. The van der Waals surface area contributed by atoms with Crippen LogP contribution in [0.15, 0.2) is 18.2 Å². The summed E-state index contributed by atoms with van der Waals surface area (Å²) in [5.41, 5.74) is -1.29. The van der Waals surface area contributed by atoms with Crippen molar-refractivity contribution in [2.45, 2.75) is 32.4 Å². The van der Waals surface area contributed by atoms with Gasteiger partial charge in [-0.05, 0) is 25.5 Å². The normalized spacial score (nSPS) is 22.8. The number of imide groups is 1. The SMILES string of the molecule is CCC1(C)C(=O)NC(=O)N1Cc1c(F)cccc1F. The summed E-state index contributed by atoms with van der Waals surface area (Å²) in [5.74, 6) is -1.91. The van der Waals surface area contributed by atoms with Crippen LogP contribution in [-0.2, 0) is 11.3 Å². The molecule has 1 aromatic carbocycles. The van der Waals surface area contributed by atoms with E-state index < -0.39 is 29.1 Å². The molecule has 0 saturated carbocycles. The second-order valence-corrected chi connectivity index (χ2v) is 4.67. The van der Waals surface area contributed by atoms with Gasteiger partial charge in [-0.15, -0.1) is 0 Å². The van der Waals surface area contributed by atoms with Crippen molar-refractivity contribution in [3.8, 4) is 0 Å². The largest absolute Gasteiger partial charge is 0.325 e. The summed E-state index contributed by atoms with van der Waals surface area (Å²) in [6.45, 7) is 3.04. The molecule has 0 aliphatic carbocycles. The summed E-state index contributed by atoms with van der Waals surface area (Å²) in [6, 6.07) is 2.87. The van der Waals surface area contributed by atoms with Gasteiger partial charge in [0.15, 0.2) is 0 Å². The molecule has 1 aromatic rings. The maximum absolute atomic E-state index is 13.6. The molecule has 2 rings (SSSR count). The van der Waals surface area contributed by atoms with Crippen LogP contribution in [0.4, 0.5) is 13.6 Å². The minimum atomic E-state index is -1.08. The minimum absolute atomic E-state index is 0.216. The smallest absolute Gasteiger partial charge is 0.305 e. The highest BCUT2D eigenvalue weighted by molar-refractivity contribution is 6.06. The van der Waals surface area contributed by atoms with Gasteiger partial charge < -0.3 is 4.90 Å². The first-order chi connectivity index (χ1) is 8.90. The number of amides is 3. The van der Waals surface area contributed by atoms with Crippen molar-refractivity contribution in [1.29, 1.82) is 0 Å². The Kier molecular flexibility index (Phi) is 3.26. The Labute approximate surface area is 109 Å². The third kappa shape index (κ3) is 2.07. The van der Waals surface area contributed by atoms with Crippen LogP contribution < -0.4 is 5.32 Å². The van der Waals surface area contributed by atoms with E-state index in [1.807, 2.05) is 0 Å². The van der Waals surface area contributed by atoms with Gasteiger partial charge in [0.05, 0.1) is 6.54 Å². The van der Waals surface area contributed by atoms with Crippen molar-refractivity contribution in [3.63, 3.8) is 0 Å². The number of carbonyl (C=O) groups excluding carboxylic acids is 2. The molecular formula is C13H14F2N2O2. The van der Waals surface area contributed by atoms with Crippen LogP contribution >= 0.6 is 0 Å². The number of carbonyl (C=O) groups is 2. The molecule has 19 heavy (non-hydrogen) atoms. The monoisotopic (exact) mass is 268 g/mol. The molecule has 1 atom stereocenters. The molecule has 0 bridgehead atoms. The summed E-state index contributed by atoms with van der Waals surface area (Å²) in [4.78, 5) is 24.6. The molecule has 4 nitrogen and oxygen atoms in total. The quantitative estimate of drug-likeness (QED) is 0.854. The standard InChI is InChI=1S/C13H14F2N2O2/c1-3-13(2)11(18)16-12(19)17(13)7-8-9(14)5-4-6-10(8)15/h4-6H,3,7H2,1-2H3,(H,16,18,19). The van der Waals surface area contributed by atoms with Gasteiger partial charge in [0, 0.05) is 5.56 Å². The van der Waals surface area contributed by atoms with Crippen LogP contribution in [0.25, 0.3) is 0 Å². The fourth-order valence-corrected chi connectivity index (χ4v) is 2.09. The predicted octanol–water partition coefficient (Wildman–Crippen LogP) is 2.19. The van der Waals surface area contributed by atoms with E-state index in [9.17, 15) is 18.4 Å². The van der Waals surface area contributed by atoms with Crippen LogP contribution in [0, 0.1) is 11.6 Å². The molecule has 1 aliphatic rings. The lowest BCUT2D eigenvalue weighted by molar-refractivity contribution is -0.126. The summed E-state index contributed by atoms with van der Waals surface area (Å²) < 4.78 is 27.2. The maximum Gasteiger partial charge on any atom is 0.325 e. The molecule has 1 saturated heterocycles. The Morgan fingerprint density at radius 2 is 1.84 bits per heavy atom. The maximum atomic E-state index is 13.6. The molecule has 102 valence electrons. The lowest BCUT2D eigenvalue weighted by Gasteiger charge is -2.30. The molecule has 1 aliphatic heterocycles. The number of nitrogens with one attached hydrogen (secondary N) is 1. The van der Waals surface area contributed by atoms with Crippen molar-refractivity contribution in [3.05, 3.63) is 35.4 Å². The second-order valence-electron chi connectivity index (χ2n) is 4.67. The second kappa shape index (κ2) is 4.60. The molecular weight excluding hydrogens is 254 g/mol. The number of benzene rings is 1. The van der Waals surface area contributed by atoms with E-state index in [-0.39, 0.29) is 12.1 Å². The van der Waals surface area contributed by atoms with Gasteiger partial charge in [0.1, 0.15) is 17.2 Å². The van der Waals surface area contributed by atoms with E-state index in [1.165, 1.54) is 6.07 Å². The summed E-state index contributed by atoms with van der Waals surface area (Å²) >= 11 is 0. The van der Waals surface area contributed by atoms with Crippen LogP contribution in [0.1, 0.15) is 25.8 Å². The number of urea groups is 1. The Morgan fingerprint density at radius 1 is 1.26 bits per heavy atom. The van der Waals surface area contributed by atoms with Gasteiger partial charge in [0.25, 0.3) is 5.91 Å². The minimum Gasteiger partial charge on any atom is -0.305 e. The van der Waals surface area contributed by atoms with Gasteiger partial charge in [-0.25, -0.2) is 13.6 Å². The van der Waals surface area contributed by atoms with Gasteiger partial charge in [-0.3, -0.25) is 10.1 Å². The van der Waals surface area contributed by atoms with Crippen molar-refractivity contribution < 1.29 is 18.4 Å². The summed E-state index contributed by atoms with van der Waals surface area (Å²) in [7, 11) is 0. The first-order valence-electron chi connectivity index (χ1n) is 5.96. The summed E-state index contributed by atoms with van der Waals surface area (Å²) in [5, 5.41) is 2.17. The molecule has 6 heteroatoms. The van der Waals surface area contributed by atoms with E-state index in [4.69, 9.17) is 0 Å². The van der Waals surface area contributed by atoms with E-state index in [2.05, 4.69) is 5.32 Å². The van der Waals surface area contributed by atoms with Crippen LogP contribution in [-0.4, -0.2) is 22.4 Å². The molecule has 0 radical (unpaired) electrons. The molecule has 1 fully saturated rings. The van der Waals surface area contributed by atoms with Gasteiger partial charge >= 0.3 is 6.03 Å². The molecule has 1 heterocycles. The summed E-state index contributed by atoms with van der Waals surface area (Å²) in [6.07, 6.45) is 0.362. The van der Waals surface area contributed by atoms with Crippen LogP contribution in [0.3, 0.4) is 0 Å². The molecule has 3 amide bonds. The van der Waals surface area contributed by atoms with Crippen molar-refractivity contribution >= 4 is 11.9 Å². The van der Waals surface area contributed by atoms with Crippen LogP contribution in [0.2, 0.25) is 0 Å². The number of rotatable bonds is 3. The lowest BCUT2D eigenvalue weighted by atomic mass is 9.96. The zero-order valence-corrected chi connectivity index (χ0v) is 10.7. The number of hydrogen-bond acceptors (Lipinski definition) is 2. The molecule has 0 spiro atoms. The zero-order chi connectivity index (χ0) is 14.2. The molecule has 1 N–H and O–H groups in total. The Balaban J connectivity index is 2.37. The number of halogens is 2. The van der Waals surface area contributed by atoms with E-state index >= 15 is 0 Å². The van der Waals surface area contributed by atoms with Crippen molar-refractivity contribution in [2.75, 3.05) is 0 Å². The van der Waals surface area contributed by atoms with Crippen molar-refractivity contribution in [2.24, 2.45) is 0 Å². The fourth-order valence-electron chi connectivity index (χ4n) is 2.09. The van der Waals surface area contributed by atoms with Gasteiger partial charge in [-0.1, -0.05) is 13.0 Å². The number of nitrogens with zero attached hydrogens (tertiary/aromatic N) is 1. The van der Waals surface area contributed by atoms with E-state index in [0.717, 1.165) is 17.0 Å². The topological polar surface area (TPSA) is 49.4 Å². The van der Waals surface area contributed by atoms with E-state index in [0.29, 0.717) is 6.42 Å². The van der Waals surface area contributed by atoms with Gasteiger partial charge in [0.2, 0.25) is 0 Å². The first kappa shape index (κ1) is 13.5. The van der Waals surface area contributed by atoms with Gasteiger partial charge in [-0.2, -0.15) is 0 Å². The highest BCUT2D eigenvalue weighted by Gasteiger charge is 2.48. The third-order valence-corrected chi connectivity index (χ3v) is 3.62. The number of hydrogen-bond donors (Lipinski definition) is 1. The third-order valence-electron chi connectivity index (χ3n) is 3.62. The molecule has 1 unspecified atom stereocenters. The Morgan fingerprint density at radius 3 is 2.37 bits per heavy atom. The average molecular weight is 268 g/mol. The predicted molar refractivity (Wildman–Crippen MR) is 64.1 cm³/mol. The fraction of sp³-hybridized carbons (Fsp3) is 0.385. The Hall–Kier alpha value is -1.98.